The number of aromatic carboxylic acids is 2. The molecule has 0 spiro atoms. The van der Waals surface area contributed by atoms with Crippen LogP contribution in [0.4, 0.5) is 0 Å². The molecule has 0 saturated heterocycles. The molecule has 0 aliphatic heterocycles. The predicted octanol–water partition coefficient (Wildman–Crippen LogP) is 1.79. The number of ether oxygens (including phenoxy) is 1. The zero-order valence-electron chi connectivity index (χ0n) is 10.4. The molecule has 0 fully saturated rings. The monoisotopic (exact) mass is 264 g/mol. The molecule has 6 heteroatoms. The van der Waals surface area contributed by atoms with E-state index in [1.165, 1.54) is 19.9 Å². The second-order valence-corrected chi connectivity index (χ2v) is 3.81. The lowest BCUT2D eigenvalue weighted by Crippen LogP contribution is -2.14. The summed E-state index contributed by atoms with van der Waals surface area (Å²) in [5.74, 6) is -3.59. The molecule has 19 heavy (non-hydrogen) atoms. The van der Waals surface area contributed by atoms with Gasteiger partial charge < -0.3 is 14.9 Å². The average molecular weight is 264 g/mol. The van der Waals surface area contributed by atoms with Crippen LogP contribution >= 0.6 is 0 Å². The summed E-state index contributed by atoms with van der Waals surface area (Å²) < 4.78 is 4.87. The van der Waals surface area contributed by atoms with Crippen molar-refractivity contribution in [1.29, 1.82) is 0 Å². The maximum atomic E-state index is 11.2. The van der Waals surface area contributed by atoms with Crippen LogP contribution in [-0.4, -0.2) is 28.1 Å². The van der Waals surface area contributed by atoms with Gasteiger partial charge in [0.1, 0.15) is 11.3 Å². The Bertz CT molecular complexity index is 585. The molecule has 0 atom stereocenters. The summed E-state index contributed by atoms with van der Waals surface area (Å²) >= 11 is 0. The van der Waals surface area contributed by atoms with Gasteiger partial charge >= 0.3 is 17.9 Å². The minimum absolute atomic E-state index is 0.0254. The fourth-order valence-electron chi connectivity index (χ4n) is 1.65. The number of benzene rings is 1. The van der Waals surface area contributed by atoms with E-state index in [0.29, 0.717) is 0 Å². The van der Waals surface area contributed by atoms with Crippen LogP contribution in [0.3, 0.4) is 0 Å². The van der Waals surface area contributed by atoms with Gasteiger partial charge in [0.15, 0.2) is 0 Å². The summed E-state index contributed by atoms with van der Waals surface area (Å²) in [6, 6.07) is 1.26. The molecule has 0 heterocycles. The van der Waals surface area contributed by atoms with E-state index >= 15 is 0 Å². The highest BCUT2D eigenvalue weighted by Gasteiger charge is 2.24. The van der Waals surface area contributed by atoms with Gasteiger partial charge in [0.2, 0.25) is 0 Å². The molecule has 0 bridgehead atoms. The van der Waals surface area contributed by atoms with Crippen LogP contribution in [-0.2, 0) is 4.79 Å². The van der Waals surface area contributed by atoms with Gasteiger partial charge in [-0.15, -0.1) is 0 Å². The normalized spacial score (nSPS) is 9.79. The zero-order valence-corrected chi connectivity index (χ0v) is 10.4. The molecule has 1 aromatic carbocycles. The summed E-state index contributed by atoms with van der Waals surface area (Å²) in [5, 5.41) is 18.2. The Morgan fingerprint density at radius 2 is 1.79 bits per heavy atom. The Balaban J connectivity index is 3.59. The van der Waals surface area contributed by atoms with Crippen molar-refractivity contribution in [2.24, 2.45) is 0 Å². The third-order valence-electron chi connectivity index (χ3n) is 2.54. The third kappa shape index (κ3) is 2.79. The van der Waals surface area contributed by atoms with E-state index in [4.69, 9.17) is 14.9 Å². The largest absolute Gasteiger partial charge is 0.478 e. The second kappa shape index (κ2) is 5.34. The lowest BCUT2D eigenvalue weighted by atomic mass is 9.97. The Hall–Kier alpha value is -2.63. The first kappa shape index (κ1) is 14.4. The van der Waals surface area contributed by atoms with Crippen molar-refractivity contribution in [1.82, 2.24) is 0 Å². The first-order chi connectivity index (χ1) is 8.79. The minimum atomic E-state index is -1.37. The standard InChI is InChI=1S/C13H12O6/c1-4-9(14)19-11-6(2)5-8(12(15)16)7(3)10(11)13(17)18/h4-5H,1H2,2-3H3,(H,15,16)(H,17,18). The molecule has 1 aromatic rings. The molecule has 0 aliphatic carbocycles. The van der Waals surface area contributed by atoms with Gasteiger partial charge in [-0.25, -0.2) is 14.4 Å². The highest BCUT2D eigenvalue weighted by molar-refractivity contribution is 6.00. The SMILES string of the molecule is C=CC(=O)Oc1c(C)cc(C(=O)O)c(C)c1C(=O)O. The van der Waals surface area contributed by atoms with Crippen molar-refractivity contribution in [3.63, 3.8) is 0 Å². The number of aryl methyl sites for hydroxylation is 1. The molecule has 0 amide bonds. The van der Waals surface area contributed by atoms with Crippen molar-refractivity contribution in [2.45, 2.75) is 13.8 Å². The number of carbonyl (C=O) groups is 3. The Morgan fingerprint density at radius 3 is 2.21 bits per heavy atom. The first-order valence-electron chi connectivity index (χ1n) is 5.24. The Morgan fingerprint density at radius 1 is 1.21 bits per heavy atom. The maximum absolute atomic E-state index is 11.2. The van der Waals surface area contributed by atoms with E-state index < -0.39 is 17.9 Å². The van der Waals surface area contributed by atoms with Crippen LogP contribution in [0.2, 0.25) is 0 Å². The summed E-state index contributed by atoms with van der Waals surface area (Å²) in [7, 11) is 0. The van der Waals surface area contributed by atoms with Crippen molar-refractivity contribution in [3.8, 4) is 5.75 Å². The molecule has 2 N–H and O–H groups in total. The van der Waals surface area contributed by atoms with Gasteiger partial charge in [-0.2, -0.15) is 0 Å². The average Bonchev–Trinajstić information content (AvgIpc) is 2.32. The van der Waals surface area contributed by atoms with Crippen molar-refractivity contribution < 1.29 is 29.3 Å². The van der Waals surface area contributed by atoms with Gasteiger partial charge in [0.25, 0.3) is 0 Å². The van der Waals surface area contributed by atoms with Crippen molar-refractivity contribution >= 4 is 17.9 Å². The van der Waals surface area contributed by atoms with Crippen molar-refractivity contribution in [2.75, 3.05) is 0 Å². The number of hydrogen-bond donors (Lipinski definition) is 2. The molecule has 100 valence electrons. The van der Waals surface area contributed by atoms with E-state index in [1.54, 1.807) is 0 Å². The van der Waals surface area contributed by atoms with Gasteiger partial charge in [0, 0.05) is 6.08 Å². The molecule has 0 saturated carbocycles. The summed E-state index contributed by atoms with van der Waals surface area (Å²) in [4.78, 5) is 33.4. The number of hydrogen-bond acceptors (Lipinski definition) is 4. The Kier molecular flexibility index (Phi) is 4.06. The molecule has 6 nitrogen and oxygen atoms in total. The van der Waals surface area contributed by atoms with Crippen LogP contribution in [0.25, 0.3) is 0 Å². The van der Waals surface area contributed by atoms with Gasteiger partial charge in [0.05, 0.1) is 5.56 Å². The predicted molar refractivity (Wildman–Crippen MR) is 65.7 cm³/mol. The van der Waals surface area contributed by atoms with Crippen LogP contribution < -0.4 is 4.74 Å². The number of carbonyl (C=O) groups excluding carboxylic acids is 1. The third-order valence-corrected chi connectivity index (χ3v) is 2.54. The summed E-state index contributed by atoms with van der Waals surface area (Å²) in [6.07, 6.45) is 0.894. The lowest BCUT2D eigenvalue weighted by Gasteiger charge is -2.13. The Labute approximate surface area is 108 Å². The van der Waals surface area contributed by atoms with E-state index in [-0.39, 0.29) is 28.0 Å². The zero-order chi connectivity index (χ0) is 14.7. The topological polar surface area (TPSA) is 101 Å². The van der Waals surface area contributed by atoms with E-state index in [9.17, 15) is 14.4 Å². The quantitative estimate of drug-likeness (QED) is 0.488. The fourth-order valence-corrected chi connectivity index (χ4v) is 1.65. The van der Waals surface area contributed by atoms with E-state index in [2.05, 4.69) is 6.58 Å². The molecule has 0 aromatic heterocycles. The number of carboxylic acids is 2. The highest BCUT2D eigenvalue weighted by atomic mass is 16.5. The molecule has 1 rings (SSSR count). The maximum Gasteiger partial charge on any atom is 0.339 e. The van der Waals surface area contributed by atoms with Crippen LogP contribution in [0.15, 0.2) is 18.7 Å². The highest BCUT2D eigenvalue weighted by Crippen LogP contribution is 2.30. The van der Waals surface area contributed by atoms with Gasteiger partial charge in [-0.1, -0.05) is 6.58 Å². The lowest BCUT2D eigenvalue weighted by molar-refractivity contribution is -0.129. The molecule has 0 radical (unpaired) electrons. The molecule has 0 aliphatic rings. The minimum Gasteiger partial charge on any atom is -0.478 e. The van der Waals surface area contributed by atoms with E-state index in [1.807, 2.05) is 0 Å². The fraction of sp³-hybridized carbons (Fsp3) is 0.154. The van der Waals surface area contributed by atoms with Crippen LogP contribution in [0.5, 0.6) is 5.75 Å². The first-order valence-corrected chi connectivity index (χ1v) is 5.24. The van der Waals surface area contributed by atoms with Gasteiger partial charge in [-0.05, 0) is 31.0 Å². The number of esters is 1. The molecular formula is C13H12O6. The second-order valence-electron chi connectivity index (χ2n) is 3.81. The van der Waals surface area contributed by atoms with Crippen LogP contribution in [0, 0.1) is 13.8 Å². The summed E-state index contributed by atoms with van der Waals surface area (Å²) in [5.41, 5.74) is -0.214. The number of carboxylic acid groups (broad SMARTS) is 2. The van der Waals surface area contributed by atoms with Crippen LogP contribution in [0.1, 0.15) is 31.8 Å². The van der Waals surface area contributed by atoms with Crippen molar-refractivity contribution in [3.05, 3.63) is 41.0 Å². The molecular weight excluding hydrogens is 252 g/mol. The van der Waals surface area contributed by atoms with E-state index in [0.717, 1.165) is 6.08 Å². The smallest absolute Gasteiger partial charge is 0.339 e. The molecule has 0 unspecified atom stereocenters. The van der Waals surface area contributed by atoms with Gasteiger partial charge in [-0.3, -0.25) is 0 Å². The number of rotatable bonds is 4. The summed E-state index contributed by atoms with van der Waals surface area (Å²) in [6.45, 7) is 6.02.